The second-order valence-electron chi connectivity index (χ2n) is 7.72. The molecule has 4 aliphatic rings. The molecular formula is C15H24O2. The average Bonchev–Trinajstić information content (AvgIpc) is 3.10. The maximum absolute atomic E-state index is 6.09. The highest BCUT2D eigenvalue weighted by Gasteiger charge is 2.69. The van der Waals surface area contributed by atoms with E-state index in [1.54, 1.807) is 0 Å². The Morgan fingerprint density at radius 2 is 1.82 bits per heavy atom. The average molecular weight is 236 g/mol. The molecule has 0 radical (unpaired) electrons. The van der Waals surface area contributed by atoms with E-state index in [4.69, 9.17) is 9.47 Å². The molecule has 17 heavy (non-hydrogen) atoms. The Bertz CT molecular complexity index is 358. The van der Waals surface area contributed by atoms with Gasteiger partial charge in [-0.3, -0.25) is 0 Å². The number of fused-ring (bicyclic) bond motifs is 4. The van der Waals surface area contributed by atoms with E-state index in [1.807, 2.05) is 0 Å². The van der Waals surface area contributed by atoms with Crippen LogP contribution in [0, 0.1) is 17.3 Å². The highest BCUT2D eigenvalue weighted by atomic mass is 16.6. The molecule has 5 atom stereocenters. The fourth-order valence-corrected chi connectivity index (χ4v) is 4.93. The van der Waals surface area contributed by atoms with E-state index in [2.05, 4.69) is 20.8 Å². The molecule has 2 nitrogen and oxygen atoms in total. The van der Waals surface area contributed by atoms with Crippen LogP contribution in [0.4, 0.5) is 0 Å². The van der Waals surface area contributed by atoms with Gasteiger partial charge < -0.3 is 9.47 Å². The number of rotatable bonds is 0. The molecular weight excluding hydrogens is 212 g/mol. The van der Waals surface area contributed by atoms with Crippen LogP contribution in [0.15, 0.2) is 0 Å². The zero-order chi connectivity index (χ0) is 11.9. The molecule has 2 saturated heterocycles. The fraction of sp³-hybridized carbons (Fsp3) is 1.00. The molecule has 0 aromatic rings. The van der Waals surface area contributed by atoms with Crippen molar-refractivity contribution < 1.29 is 9.47 Å². The first-order chi connectivity index (χ1) is 7.97. The molecule has 2 saturated carbocycles. The molecule has 0 N–H and O–H groups in total. The summed E-state index contributed by atoms with van der Waals surface area (Å²) >= 11 is 0. The first kappa shape index (κ1) is 10.8. The Balaban J connectivity index is 1.73. The van der Waals surface area contributed by atoms with Gasteiger partial charge in [-0.2, -0.15) is 0 Å². The maximum atomic E-state index is 6.09. The summed E-state index contributed by atoms with van der Waals surface area (Å²) in [6, 6.07) is 0. The largest absolute Gasteiger partial charge is 0.369 e. The number of ether oxygens (including phenoxy) is 2. The third-order valence-electron chi connectivity index (χ3n) is 6.17. The van der Waals surface area contributed by atoms with E-state index in [-0.39, 0.29) is 11.2 Å². The van der Waals surface area contributed by atoms with Crippen LogP contribution in [0.25, 0.3) is 0 Å². The minimum Gasteiger partial charge on any atom is -0.369 e. The van der Waals surface area contributed by atoms with E-state index in [9.17, 15) is 0 Å². The Morgan fingerprint density at radius 3 is 2.53 bits per heavy atom. The molecule has 0 amide bonds. The van der Waals surface area contributed by atoms with E-state index in [0.717, 1.165) is 18.4 Å². The lowest BCUT2D eigenvalue weighted by molar-refractivity contribution is 0.0512. The molecule has 2 aliphatic carbocycles. The van der Waals surface area contributed by atoms with Gasteiger partial charge in [0.25, 0.3) is 0 Å². The van der Waals surface area contributed by atoms with Crippen LogP contribution < -0.4 is 0 Å². The van der Waals surface area contributed by atoms with Gasteiger partial charge in [-0.15, -0.1) is 0 Å². The molecule has 2 aliphatic heterocycles. The lowest BCUT2D eigenvalue weighted by atomic mass is 9.60. The lowest BCUT2D eigenvalue weighted by Crippen LogP contribution is -2.44. The Morgan fingerprint density at radius 1 is 1.06 bits per heavy atom. The Labute approximate surface area is 104 Å². The van der Waals surface area contributed by atoms with Gasteiger partial charge >= 0.3 is 0 Å². The smallest absolute Gasteiger partial charge is 0.0948 e. The SMILES string of the molecule is CC1(C)CCC[C@@]2(CO2)[C@H]2CC[C@@]3(C)O[C@H]3[C@@H]21. The van der Waals surface area contributed by atoms with Crippen molar-refractivity contribution in [3.05, 3.63) is 0 Å². The van der Waals surface area contributed by atoms with Crippen molar-refractivity contribution in [2.24, 2.45) is 17.3 Å². The number of epoxide rings is 2. The first-order valence-corrected chi connectivity index (χ1v) is 7.29. The van der Waals surface area contributed by atoms with Gasteiger partial charge in [0.05, 0.1) is 23.9 Å². The van der Waals surface area contributed by atoms with Crippen molar-refractivity contribution in [2.75, 3.05) is 6.61 Å². The molecule has 1 spiro atoms. The van der Waals surface area contributed by atoms with Crippen LogP contribution >= 0.6 is 0 Å². The summed E-state index contributed by atoms with van der Waals surface area (Å²) in [7, 11) is 0. The molecule has 4 rings (SSSR count). The highest BCUT2D eigenvalue weighted by molar-refractivity contribution is 5.17. The second-order valence-corrected chi connectivity index (χ2v) is 7.72. The third kappa shape index (κ3) is 1.34. The lowest BCUT2D eigenvalue weighted by Gasteiger charge is -2.42. The standard InChI is InChI=1S/C15H24O2/c1-13(2)6-4-7-15(9-16-15)10-5-8-14(3)12(17-14)11(10)13/h10-12H,4-9H2,1-3H3/t10-,11+,12-,14+,15+/m0/s1. The van der Waals surface area contributed by atoms with Crippen molar-refractivity contribution in [3.8, 4) is 0 Å². The van der Waals surface area contributed by atoms with Crippen molar-refractivity contribution in [3.63, 3.8) is 0 Å². The summed E-state index contributed by atoms with van der Waals surface area (Å²) < 4.78 is 12.0. The summed E-state index contributed by atoms with van der Waals surface area (Å²) in [5.74, 6) is 1.49. The van der Waals surface area contributed by atoms with Crippen molar-refractivity contribution >= 4 is 0 Å². The molecule has 0 aromatic heterocycles. The van der Waals surface area contributed by atoms with E-state index in [0.29, 0.717) is 11.5 Å². The van der Waals surface area contributed by atoms with Gasteiger partial charge in [0, 0.05) is 0 Å². The summed E-state index contributed by atoms with van der Waals surface area (Å²) in [5.41, 5.74) is 0.924. The maximum Gasteiger partial charge on any atom is 0.0948 e. The minimum absolute atomic E-state index is 0.221. The van der Waals surface area contributed by atoms with Crippen molar-refractivity contribution in [2.45, 2.75) is 70.2 Å². The van der Waals surface area contributed by atoms with Crippen molar-refractivity contribution in [1.82, 2.24) is 0 Å². The Hall–Kier alpha value is -0.0800. The van der Waals surface area contributed by atoms with E-state index >= 15 is 0 Å². The van der Waals surface area contributed by atoms with Crippen LogP contribution in [0.3, 0.4) is 0 Å². The predicted octanol–water partition coefficient (Wildman–Crippen LogP) is 3.15. The van der Waals surface area contributed by atoms with Crippen molar-refractivity contribution in [1.29, 1.82) is 0 Å². The van der Waals surface area contributed by atoms with Gasteiger partial charge in [-0.1, -0.05) is 13.8 Å². The van der Waals surface area contributed by atoms with E-state index < -0.39 is 0 Å². The molecule has 0 aromatic carbocycles. The van der Waals surface area contributed by atoms with Crippen LogP contribution in [0.2, 0.25) is 0 Å². The van der Waals surface area contributed by atoms with Crippen LogP contribution in [-0.4, -0.2) is 23.9 Å². The number of hydrogen-bond acceptors (Lipinski definition) is 2. The molecule has 2 heterocycles. The van der Waals surface area contributed by atoms with E-state index in [1.165, 1.54) is 32.1 Å². The van der Waals surface area contributed by atoms with Crippen LogP contribution in [0.1, 0.15) is 52.9 Å². The third-order valence-corrected chi connectivity index (χ3v) is 6.17. The van der Waals surface area contributed by atoms with Gasteiger partial charge in [-0.25, -0.2) is 0 Å². The number of hydrogen-bond donors (Lipinski definition) is 0. The monoisotopic (exact) mass is 236 g/mol. The van der Waals surface area contributed by atoms with Gasteiger partial charge in [0.1, 0.15) is 0 Å². The topological polar surface area (TPSA) is 25.1 Å². The summed E-state index contributed by atoms with van der Waals surface area (Å²) in [6.07, 6.45) is 7.07. The zero-order valence-electron chi connectivity index (χ0n) is 11.3. The summed E-state index contributed by atoms with van der Waals surface area (Å²) in [6.45, 7) is 8.25. The Kier molecular flexibility index (Phi) is 1.85. The fourth-order valence-electron chi connectivity index (χ4n) is 4.93. The molecule has 4 fully saturated rings. The van der Waals surface area contributed by atoms with Gasteiger partial charge in [0.2, 0.25) is 0 Å². The predicted molar refractivity (Wildman–Crippen MR) is 65.8 cm³/mol. The molecule has 96 valence electrons. The summed E-state index contributed by atoms with van der Waals surface area (Å²) in [4.78, 5) is 0. The summed E-state index contributed by atoms with van der Waals surface area (Å²) in [5, 5.41) is 0. The van der Waals surface area contributed by atoms with Crippen LogP contribution in [0.5, 0.6) is 0 Å². The quantitative estimate of drug-likeness (QED) is 0.604. The highest BCUT2D eigenvalue weighted by Crippen LogP contribution is 2.65. The normalized spacial score (nSPS) is 59.1. The molecule has 2 heteroatoms. The van der Waals surface area contributed by atoms with Gasteiger partial charge in [0.15, 0.2) is 0 Å². The molecule has 0 unspecified atom stereocenters. The molecule has 0 bridgehead atoms. The van der Waals surface area contributed by atoms with Gasteiger partial charge in [-0.05, 0) is 56.3 Å². The van der Waals surface area contributed by atoms with Crippen LogP contribution in [-0.2, 0) is 9.47 Å². The second kappa shape index (κ2) is 2.91. The zero-order valence-corrected chi connectivity index (χ0v) is 11.3. The first-order valence-electron chi connectivity index (χ1n) is 7.29. The minimum atomic E-state index is 0.221.